The molecule has 0 fully saturated rings. The second-order valence-corrected chi connectivity index (χ2v) is 3.82. The highest BCUT2D eigenvalue weighted by Crippen LogP contribution is 2.23. The van der Waals surface area contributed by atoms with Gasteiger partial charge in [0, 0.05) is 0 Å². The Bertz CT molecular complexity index is 182. The summed E-state index contributed by atoms with van der Waals surface area (Å²) in [5.41, 5.74) is 3.19. The largest absolute Gasteiger partial charge is 0.0824 e. The van der Waals surface area contributed by atoms with E-state index in [1.807, 2.05) is 0 Å². The van der Waals surface area contributed by atoms with Gasteiger partial charge in [0.25, 0.3) is 0 Å². The number of allylic oxidation sites excluding steroid dienone is 4. The summed E-state index contributed by atoms with van der Waals surface area (Å²) >= 11 is 0. The van der Waals surface area contributed by atoms with Gasteiger partial charge in [0.2, 0.25) is 0 Å². The van der Waals surface area contributed by atoms with Crippen LogP contribution in [0.25, 0.3) is 0 Å². The Morgan fingerprint density at radius 3 is 2.55 bits per heavy atom. The zero-order chi connectivity index (χ0) is 8.27. The number of hydrogen-bond acceptors (Lipinski definition) is 0. The molecule has 0 heterocycles. The molecule has 11 heavy (non-hydrogen) atoms. The molecular weight excluding hydrogens is 132 g/mol. The summed E-state index contributed by atoms with van der Waals surface area (Å²) in [6.07, 6.45) is 8.53. The Kier molecular flexibility index (Phi) is 2.92. The lowest BCUT2D eigenvalue weighted by atomic mass is 9.93. The van der Waals surface area contributed by atoms with E-state index in [0.29, 0.717) is 0 Å². The van der Waals surface area contributed by atoms with Crippen molar-refractivity contribution < 1.29 is 0 Å². The van der Waals surface area contributed by atoms with Gasteiger partial charge in [-0.25, -0.2) is 0 Å². The maximum atomic E-state index is 2.41. The van der Waals surface area contributed by atoms with Gasteiger partial charge in [-0.15, -0.1) is 0 Å². The van der Waals surface area contributed by atoms with E-state index in [0.717, 1.165) is 5.92 Å². The summed E-state index contributed by atoms with van der Waals surface area (Å²) in [7, 11) is 0. The lowest BCUT2D eigenvalue weighted by Crippen LogP contribution is -1.94. The van der Waals surface area contributed by atoms with Gasteiger partial charge in [0.05, 0.1) is 0 Å². The minimum absolute atomic E-state index is 0.719. The molecule has 1 aliphatic rings. The summed E-state index contributed by atoms with van der Waals surface area (Å²) < 4.78 is 0. The first-order chi connectivity index (χ1) is 5.18. The number of hydrogen-bond donors (Lipinski definition) is 0. The van der Waals surface area contributed by atoms with Crippen molar-refractivity contribution in [3.63, 3.8) is 0 Å². The van der Waals surface area contributed by atoms with Crippen molar-refractivity contribution in [2.75, 3.05) is 0 Å². The molecule has 0 aromatic rings. The predicted molar refractivity (Wildman–Crippen MR) is 50.5 cm³/mol. The van der Waals surface area contributed by atoms with E-state index in [9.17, 15) is 0 Å². The smallest absolute Gasteiger partial charge is 0.0136 e. The Hall–Kier alpha value is -0.520. The van der Waals surface area contributed by atoms with Crippen LogP contribution in [-0.4, -0.2) is 0 Å². The molecule has 0 N–H and O–H groups in total. The molecule has 0 radical (unpaired) electrons. The molecule has 0 spiro atoms. The Balaban J connectivity index is 2.53. The third-order valence-corrected chi connectivity index (χ3v) is 2.12. The van der Waals surface area contributed by atoms with Gasteiger partial charge >= 0.3 is 0 Å². The number of rotatable bonds is 1. The first kappa shape index (κ1) is 8.58. The topological polar surface area (TPSA) is 0 Å². The average Bonchev–Trinajstić information content (AvgIpc) is 1.93. The summed E-state index contributed by atoms with van der Waals surface area (Å²) in [6.45, 7) is 6.72. The SMILES string of the molecule is CC1=CCC(=CC(C)C)CC1. The summed E-state index contributed by atoms with van der Waals surface area (Å²) in [5.74, 6) is 0.719. The third-order valence-electron chi connectivity index (χ3n) is 2.12. The Morgan fingerprint density at radius 1 is 1.36 bits per heavy atom. The molecule has 0 unspecified atom stereocenters. The molecule has 1 rings (SSSR count). The van der Waals surface area contributed by atoms with Crippen LogP contribution in [0.1, 0.15) is 40.0 Å². The molecular formula is C11H18. The zero-order valence-electron chi connectivity index (χ0n) is 7.85. The Labute approximate surface area is 70.0 Å². The summed E-state index contributed by atoms with van der Waals surface area (Å²) in [4.78, 5) is 0. The minimum Gasteiger partial charge on any atom is -0.0824 e. The summed E-state index contributed by atoms with van der Waals surface area (Å²) in [6, 6.07) is 0. The molecule has 0 aromatic heterocycles. The average molecular weight is 150 g/mol. The third kappa shape index (κ3) is 2.92. The second kappa shape index (κ2) is 3.75. The van der Waals surface area contributed by atoms with Crippen LogP contribution < -0.4 is 0 Å². The van der Waals surface area contributed by atoms with Gasteiger partial charge in [-0.1, -0.05) is 37.1 Å². The van der Waals surface area contributed by atoms with Crippen LogP contribution >= 0.6 is 0 Å². The van der Waals surface area contributed by atoms with E-state index in [1.165, 1.54) is 19.3 Å². The maximum Gasteiger partial charge on any atom is -0.0136 e. The lowest BCUT2D eigenvalue weighted by Gasteiger charge is -2.13. The fourth-order valence-electron chi connectivity index (χ4n) is 1.49. The van der Waals surface area contributed by atoms with Crippen molar-refractivity contribution in [1.29, 1.82) is 0 Å². The molecule has 0 saturated carbocycles. The molecule has 62 valence electrons. The quantitative estimate of drug-likeness (QED) is 0.500. The standard InChI is InChI=1S/C11H18/c1-9(2)8-11-6-4-10(3)5-7-11/h4,8-9H,5-7H2,1-3H3. The highest BCUT2D eigenvalue weighted by atomic mass is 14.1. The van der Waals surface area contributed by atoms with Crippen molar-refractivity contribution in [1.82, 2.24) is 0 Å². The first-order valence-corrected chi connectivity index (χ1v) is 4.53. The van der Waals surface area contributed by atoms with E-state index in [1.54, 1.807) is 11.1 Å². The fourth-order valence-corrected chi connectivity index (χ4v) is 1.49. The van der Waals surface area contributed by atoms with Crippen LogP contribution in [0, 0.1) is 5.92 Å². The predicted octanol–water partition coefficient (Wildman–Crippen LogP) is 3.70. The van der Waals surface area contributed by atoms with Gasteiger partial charge in [0.15, 0.2) is 0 Å². The van der Waals surface area contributed by atoms with Gasteiger partial charge in [-0.3, -0.25) is 0 Å². The second-order valence-electron chi connectivity index (χ2n) is 3.82. The lowest BCUT2D eigenvalue weighted by molar-refractivity contribution is 0.776. The zero-order valence-corrected chi connectivity index (χ0v) is 7.85. The van der Waals surface area contributed by atoms with Crippen LogP contribution in [0.15, 0.2) is 23.3 Å². The van der Waals surface area contributed by atoms with E-state index in [4.69, 9.17) is 0 Å². The fraction of sp³-hybridized carbons (Fsp3) is 0.636. The van der Waals surface area contributed by atoms with Crippen molar-refractivity contribution in [3.05, 3.63) is 23.3 Å². The molecule has 0 atom stereocenters. The molecule has 0 nitrogen and oxygen atoms in total. The van der Waals surface area contributed by atoms with Crippen molar-refractivity contribution in [2.45, 2.75) is 40.0 Å². The molecule has 0 bridgehead atoms. The van der Waals surface area contributed by atoms with Gasteiger partial charge in [-0.2, -0.15) is 0 Å². The van der Waals surface area contributed by atoms with Crippen LogP contribution in [0.2, 0.25) is 0 Å². The normalized spacial score (nSPS) is 22.5. The van der Waals surface area contributed by atoms with Crippen molar-refractivity contribution >= 4 is 0 Å². The molecule has 1 aliphatic carbocycles. The molecule has 0 aliphatic heterocycles. The molecule has 0 saturated heterocycles. The van der Waals surface area contributed by atoms with Crippen LogP contribution in [-0.2, 0) is 0 Å². The van der Waals surface area contributed by atoms with E-state index in [2.05, 4.69) is 32.9 Å². The minimum atomic E-state index is 0.719. The maximum absolute atomic E-state index is 2.41. The van der Waals surface area contributed by atoms with Gasteiger partial charge in [-0.05, 0) is 32.1 Å². The van der Waals surface area contributed by atoms with Crippen LogP contribution in [0.3, 0.4) is 0 Å². The van der Waals surface area contributed by atoms with Crippen molar-refractivity contribution in [3.8, 4) is 0 Å². The Morgan fingerprint density at radius 2 is 2.09 bits per heavy atom. The highest BCUT2D eigenvalue weighted by molar-refractivity contribution is 5.18. The van der Waals surface area contributed by atoms with Crippen LogP contribution in [0.5, 0.6) is 0 Å². The van der Waals surface area contributed by atoms with E-state index >= 15 is 0 Å². The summed E-state index contributed by atoms with van der Waals surface area (Å²) in [5, 5.41) is 0. The van der Waals surface area contributed by atoms with Crippen molar-refractivity contribution in [2.24, 2.45) is 5.92 Å². The van der Waals surface area contributed by atoms with E-state index < -0.39 is 0 Å². The van der Waals surface area contributed by atoms with Gasteiger partial charge in [0.1, 0.15) is 0 Å². The molecule has 0 aromatic carbocycles. The molecule has 0 heteroatoms. The highest BCUT2D eigenvalue weighted by Gasteiger charge is 2.03. The van der Waals surface area contributed by atoms with Crippen LogP contribution in [0.4, 0.5) is 0 Å². The monoisotopic (exact) mass is 150 g/mol. The van der Waals surface area contributed by atoms with E-state index in [-0.39, 0.29) is 0 Å². The van der Waals surface area contributed by atoms with Gasteiger partial charge < -0.3 is 0 Å². The first-order valence-electron chi connectivity index (χ1n) is 4.53. The molecule has 0 amide bonds.